The molecule has 0 spiro atoms. The molecule has 0 saturated heterocycles. The third-order valence-corrected chi connectivity index (χ3v) is 5.57. The highest BCUT2D eigenvalue weighted by Crippen LogP contribution is 2.32. The quantitative estimate of drug-likeness (QED) is 0.563. The van der Waals surface area contributed by atoms with E-state index in [1.807, 2.05) is 24.7 Å². The number of aromatic nitrogens is 3. The molecule has 0 bridgehead atoms. The molecule has 1 aliphatic carbocycles. The average Bonchev–Trinajstić information content (AvgIpc) is 3.17. The number of hydrogen-bond acceptors (Lipinski definition) is 3. The van der Waals surface area contributed by atoms with Crippen LogP contribution in [0.25, 0.3) is 16.5 Å². The third-order valence-electron chi connectivity index (χ3n) is 5.57. The molecular formula is C23H21FN4. The molecule has 1 unspecified atom stereocenters. The maximum absolute atomic E-state index is 14.3. The van der Waals surface area contributed by atoms with E-state index in [0.29, 0.717) is 5.69 Å². The van der Waals surface area contributed by atoms with Gasteiger partial charge in [0.25, 0.3) is 0 Å². The molecule has 2 aromatic heterocycles. The largest absolute Gasteiger partial charge is 0.306 e. The summed E-state index contributed by atoms with van der Waals surface area (Å²) in [6, 6.07) is 15.4. The minimum Gasteiger partial charge on any atom is -0.306 e. The molecule has 2 heterocycles. The summed E-state index contributed by atoms with van der Waals surface area (Å²) >= 11 is 0. The summed E-state index contributed by atoms with van der Waals surface area (Å²) in [4.78, 5) is 4.21. The second-order valence-electron chi connectivity index (χ2n) is 7.25. The van der Waals surface area contributed by atoms with Gasteiger partial charge in [0.15, 0.2) is 0 Å². The first kappa shape index (κ1) is 17.1. The number of fused-ring (bicyclic) bond motifs is 2. The van der Waals surface area contributed by atoms with Gasteiger partial charge in [-0.1, -0.05) is 30.3 Å². The van der Waals surface area contributed by atoms with Gasteiger partial charge in [0, 0.05) is 41.6 Å². The van der Waals surface area contributed by atoms with E-state index in [1.54, 1.807) is 16.8 Å². The van der Waals surface area contributed by atoms with Gasteiger partial charge in [0.1, 0.15) is 11.5 Å². The number of rotatable bonds is 4. The van der Waals surface area contributed by atoms with Crippen molar-refractivity contribution in [3.05, 3.63) is 89.8 Å². The van der Waals surface area contributed by atoms with Crippen LogP contribution in [0.15, 0.2) is 67.1 Å². The molecule has 0 saturated carbocycles. The van der Waals surface area contributed by atoms with Crippen molar-refractivity contribution in [1.82, 2.24) is 20.1 Å². The molecule has 0 aliphatic heterocycles. The minimum absolute atomic E-state index is 0.223. The molecule has 1 aliphatic rings. The Morgan fingerprint density at radius 1 is 1.07 bits per heavy atom. The Labute approximate surface area is 163 Å². The van der Waals surface area contributed by atoms with Gasteiger partial charge < -0.3 is 5.32 Å². The molecule has 4 nitrogen and oxygen atoms in total. The van der Waals surface area contributed by atoms with Crippen molar-refractivity contribution < 1.29 is 4.39 Å². The monoisotopic (exact) mass is 372 g/mol. The number of para-hydroxylation sites is 1. The molecule has 0 fully saturated rings. The normalized spacial score (nSPS) is 16.2. The van der Waals surface area contributed by atoms with Gasteiger partial charge in [0.05, 0.1) is 6.20 Å². The number of halogens is 1. The van der Waals surface area contributed by atoms with Crippen LogP contribution in [0.1, 0.15) is 35.7 Å². The number of nitrogens with one attached hydrogen (secondary N) is 1. The van der Waals surface area contributed by atoms with Crippen molar-refractivity contribution in [3.63, 3.8) is 0 Å². The van der Waals surface area contributed by atoms with Crippen molar-refractivity contribution >= 4 is 10.8 Å². The van der Waals surface area contributed by atoms with Gasteiger partial charge in [-0.15, -0.1) is 0 Å². The zero-order valence-corrected chi connectivity index (χ0v) is 15.5. The van der Waals surface area contributed by atoms with Gasteiger partial charge in [-0.2, -0.15) is 5.10 Å². The molecule has 4 aromatic rings. The maximum atomic E-state index is 14.3. The van der Waals surface area contributed by atoms with Crippen LogP contribution in [0.2, 0.25) is 0 Å². The molecular weight excluding hydrogens is 351 g/mol. The first-order chi connectivity index (χ1) is 13.8. The summed E-state index contributed by atoms with van der Waals surface area (Å²) in [6.45, 7) is 0.774. The molecule has 1 N–H and O–H groups in total. The van der Waals surface area contributed by atoms with Crippen LogP contribution in [0.4, 0.5) is 4.39 Å². The second kappa shape index (κ2) is 7.17. The lowest BCUT2D eigenvalue weighted by molar-refractivity contribution is 0.454. The van der Waals surface area contributed by atoms with Gasteiger partial charge in [-0.3, -0.25) is 4.98 Å². The van der Waals surface area contributed by atoms with E-state index in [2.05, 4.69) is 39.7 Å². The number of hydrogen-bond donors (Lipinski definition) is 1. The fraction of sp³-hybridized carbons (Fsp3) is 0.217. The fourth-order valence-corrected chi connectivity index (χ4v) is 4.18. The van der Waals surface area contributed by atoms with Gasteiger partial charge >= 0.3 is 0 Å². The van der Waals surface area contributed by atoms with Crippen LogP contribution in [-0.4, -0.2) is 14.8 Å². The maximum Gasteiger partial charge on any atom is 0.148 e. The minimum atomic E-state index is -0.243. The topological polar surface area (TPSA) is 42.7 Å². The van der Waals surface area contributed by atoms with Crippen LogP contribution in [-0.2, 0) is 13.0 Å². The highest BCUT2D eigenvalue weighted by Gasteiger charge is 2.25. The number of pyridine rings is 1. The average molecular weight is 372 g/mol. The Bertz CT molecular complexity index is 1130. The molecule has 28 heavy (non-hydrogen) atoms. The van der Waals surface area contributed by atoms with E-state index in [1.165, 1.54) is 22.6 Å². The van der Waals surface area contributed by atoms with Crippen LogP contribution in [0.5, 0.6) is 0 Å². The lowest BCUT2D eigenvalue weighted by Crippen LogP contribution is -2.25. The van der Waals surface area contributed by atoms with Crippen molar-refractivity contribution in [2.24, 2.45) is 0 Å². The Morgan fingerprint density at radius 3 is 2.93 bits per heavy atom. The fourth-order valence-electron chi connectivity index (χ4n) is 4.18. The predicted octanol–water partition coefficient (Wildman–Crippen LogP) is 4.73. The van der Waals surface area contributed by atoms with Gasteiger partial charge in [-0.05, 0) is 48.4 Å². The van der Waals surface area contributed by atoms with Crippen molar-refractivity contribution in [1.29, 1.82) is 0 Å². The molecule has 0 radical (unpaired) electrons. The van der Waals surface area contributed by atoms with Crippen molar-refractivity contribution in [2.45, 2.75) is 31.8 Å². The van der Waals surface area contributed by atoms with Crippen LogP contribution in [0, 0.1) is 5.82 Å². The summed E-state index contributed by atoms with van der Waals surface area (Å²) in [6.07, 6.45) is 8.67. The lowest BCUT2D eigenvalue weighted by Gasteiger charge is -2.24. The zero-order chi connectivity index (χ0) is 18.9. The Morgan fingerprint density at radius 2 is 2.00 bits per heavy atom. The zero-order valence-electron chi connectivity index (χ0n) is 15.5. The van der Waals surface area contributed by atoms with E-state index in [4.69, 9.17) is 0 Å². The number of benzene rings is 2. The molecule has 2 aromatic carbocycles. The lowest BCUT2D eigenvalue weighted by atomic mass is 9.92. The SMILES string of the molecule is Fc1ccccc1-n1ncc2c1CCCC2NCc1cccc2cnccc12. The highest BCUT2D eigenvalue weighted by molar-refractivity contribution is 5.84. The Balaban J connectivity index is 1.42. The first-order valence-corrected chi connectivity index (χ1v) is 9.68. The molecule has 5 rings (SSSR count). The van der Waals surface area contributed by atoms with E-state index >= 15 is 0 Å². The van der Waals surface area contributed by atoms with Crippen molar-refractivity contribution in [3.8, 4) is 5.69 Å². The van der Waals surface area contributed by atoms with Crippen LogP contribution in [0.3, 0.4) is 0 Å². The third kappa shape index (κ3) is 2.98. The Kier molecular flexibility index (Phi) is 4.37. The summed E-state index contributed by atoms with van der Waals surface area (Å²) in [7, 11) is 0. The summed E-state index contributed by atoms with van der Waals surface area (Å²) in [5.41, 5.74) is 4.06. The summed E-state index contributed by atoms with van der Waals surface area (Å²) in [5, 5.41) is 10.6. The van der Waals surface area contributed by atoms with Crippen molar-refractivity contribution in [2.75, 3.05) is 0 Å². The first-order valence-electron chi connectivity index (χ1n) is 9.68. The van der Waals surface area contributed by atoms with Gasteiger partial charge in [0.2, 0.25) is 0 Å². The van der Waals surface area contributed by atoms with E-state index in [0.717, 1.165) is 36.9 Å². The molecule has 140 valence electrons. The standard InChI is InChI=1S/C23H21FN4/c24-20-7-1-2-9-23(20)28-22-10-4-8-21(19(22)15-27-28)26-14-17-6-3-5-16-13-25-12-11-18(16)17/h1-3,5-7,9,11-13,15,21,26H,4,8,10,14H2. The van der Waals surface area contributed by atoms with E-state index in [9.17, 15) is 4.39 Å². The molecule has 1 atom stereocenters. The van der Waals surface area contributed by atoms with Crippen LogP contribution >= 0.6 is 0 Å². The smallest absolute Gasteiger partial charge is 0.148 e. The molecule has 0 amide bonds. The highest BCUT2D eigenvalue weighted by atomic mass is 19.1. The predicted molar refractivity (Wildman–Crippen MR) is 108 cm³/mol. The molecule has 5 heteroatoms. The van der Waals surface area contributed by atoms with E-state index < -0.39 is 0 Å². The second-order valence-corrected chi connectivity index (χ2v) is 7.25. The summed E-state index contributed by atoms with van der Waals surface area (Å²) in [5.74, 6) is -0.243. The van der Waals surface area contributed by atoms with Gasteiger partial charge in [-0.25, -0.2) is 9.07 Å². The van der Waals surface area contributed by atoms with E-state index in [-0.39, 0.29) is 11.9 Å². The Hall–Kier alpha value is -3.05. The van der Waals surface area contributed by atoms with Crippen LogP contribution < -0.4 is 5.32 Å². The number of nitrogens with zero attached hydrogens (tertiary/aromatic N) is 3. The summed E-state index contributed by atoms with van der Waals surface area (Å²) < 4.78 is 16.0.